The van der Waals surface area contributed by atoms with Crippen LogP contribution in [0.25, 0.3) is 0 Å². The number of halogens is 2. The van der Waals surface area contributed by atoms with E-state index in [1.807, 2.05) is 0 Å². The summed E-state index contributed by atoms with van der Waals surface area (Å²) in [5.74, 6) is -0.489. The summed E-state index contributed by atoms with van der Waals surface area (Å²) in [7, 11) is 0. The van der Waals surface area contributed by atoms with Crippen molar-refractivity contribution in [1.82, 2.24) is 24.7 Å². The van der Waals surface area contributed by atoms with Crippen LogP contribution in [0, 0.1) is 22.9 Å². The zero-order valence-electron chi connectivity index (χ0n) is 16.5. The Morgan fingerprint density at radius 3 is 2.69 bits per heavy atom. The second-order valence-electron chi connectivity index (χ2n) is 6.82. The average molecular weight is 460 g/mol. The molecule has 0 atom stereocenters. The molecule has 0 saturated carbocycles. The van der Waals surface area contributed by atoms with Crippen molar-refractivity contribution < 1.29 is 18.6 Å². The lowest BCUT2D eigenvalue weighted by molar-refractivity contribution is -0.385. The summed E-state index contributed by atoms with van der Waals surface area (Å²) in [6.07, 6.45) is 3.87. The first-order valence-electron chi connectivity index (χ1n) is 9.21. The Kier molecular flexibility index (Phi) is 5.69. The third kappa shape index (κ3) is 4.49. The van der Waals surface area contributed by atoms with E-state index in [1.165, 1.54) is 33.9 Å². The van der Waals surface area contributed by atoms with Gasteiger partial charge in [-0.05, 0) is 24.6 Å². The maximum absolute atomic E-state index is 13.1. The minimum Gasteiger partial charge on any atom is -0.361 e. The van der Waals surface area contributed by atoms with E-state index in [2.05, 4.69) is 20.7 Å². The third-order valence-electron chi connectivity index (χ3n) is 4.56. The molecule has 0 aliphatic rings. The van der Waals surface area contributed by atoms with Crippen LogP contribution in [0.2, 0.25) is 5.02 Å². The average Bonchev–Trinajstić information content (AvgIpc) is 3.45. The number of anilines is 1. The van der Waals surface area contributed by atoms with Gasteiger partial charge < -0.3 is 9.84 Å². The topological polar surface area (TPSA) is 134 Å². The number of carbonyl (C=O) groups is 1. The summed E-state index contributed by atoms with van der Waals surface area (Å²) in [5, 5.41) is 25.6. The Morgan fingerprint density at radius 2 is 2.00 bits per heavy atom. The van der Waals surface area contributed by atoms with Gasteiger partial charge in [0, 0.05) is 11.8 Å². The predicted molar refractivity (Wildman–Crippen MR) is 110 cm³/mol. The molecule has 0 spiro atoms. The molecule has 1 amide bonds. The molecule has 3 aromatic heterocycles. The molecule has 32 heavy (non-hydrogen) atoms. The molecule has 3 heterocycles. The number of nitro groups is 1. The number of nitrogens with one attached hydrogen (secondary N) is 1. The van der Waals surface area contributed by atoms with E-state index >= 15 is 0 Å². The van der Waals surface area contributed by atoms with Gasteiger partial charge in [-0.25, -0.2) is 4.39 Å². The van der Waals surface area contributed by atoms with E-state index in [-0.39, 0.29) is 34.6 Å². The Morgan fingerprint density at radius 1 is 1.25 bits per heavy atom. The van der Waals surface area contributed by atoms with Crippen LogP contribution >= 0.6 is 11.6 Å². The lowest BCUT2D eigenvalue weighted by Gasteiger charge is -2.04. The molecule has 0 saturated heterocycles. The van der Waals surface area contributed by atoms with Crippen LogP contribution in [0.3, 0.4) is 0 Å². The van der Waals surface area contributed by atoms with Crippen molar-refractivity contribution in [3.05, 3.63) is 86.4 Å². The summed E-state index contributed by atoms with van der Waals surface area (Å²) in [4.78, 5) is 23.1. The van der Waals surface area contributed by atoms with Gasteiger partial charge in [0.15, 0.2) is 11.5 Å². The van der Waals surface area contributed by atoms with Crippen molar-refractivity contribution in [2.75, 3.05) is 5.32 Å². The maximum Gasteiger partial charge on any atom is 0.307 e. The van der Waals surface area contributed by atoms with Gasteiger partial charge in [0.1, 0.15) is 29.0 Å². The molecule has 0 radical (unpaired) electrons. The molecule has 0 fully saturated rings. The molecule has 164 valence electrons. The fourth-order valence-corrected chi connectivity index (χ4v) is 3.16. The number of benzene rings is 1. The molecule has 0 aliphatic heterocycles. The molecule has 1 N–H and O–H groups in total. The molecule has 0 aliphatic carbocycles. The second kappa shape index (κ2) is 8.59. The molecule has 0 bridgehead atoms. The summed E-state index contributed by atoms with van der Waals surface area (Å²) in [6.45, 7) is 1.97. The summed E-state index contributed by atoms with van der Waals surface area (Å²) >= 11 is 6.20. The highest BCUT2D eigenvalue weighted by molar-refractivity contribution is 6.33. The molecule has 0 unspecified atom stereocenters. The standard InChI is InChI=1S/C19H15ClFN7O4/c1-11-15(9-26-8-14(6-22-26)28(30)31)17(25-32-11)19(29)23-18-16(20)10-27(24-18)7-12-2-4-13(21)5-3-12/h2-6,8,10H,7,9H2,1H3,(H,23,24,29). The Labute approximate surface area is 184 Å². The Hall–Kier alpha value is -4.06. The summed E-state index contributed by atoms with van der Waals surface area (Å²) < 4.78 is 21.0. The van der Waals surface area contributed by atoms with Crippen molar-refractivity contribution in [3.8, 4) is 0 Å². The minimum atomic E-state index is -0.618. The highest BCUT2D eigenvalue weighted by Crippen LogP contribution is 2.23. The third-order valence-corrected chi connectivity index (χ3v) is 4.83. The van der Waals surface area contributed by atoms with Gasteiger partial charge in [0.2, 0.25) is 0 Å². The van der Waals surface area contributed by atoms with E-state index in [9.17, 15) is 19.3 Å². The quantitative estimate of drug-likeness (QED) is 0.330. The summed E-state index contributed by atoms with van der Waals surface area (Å²) in [5.41, 5.74) is 1.00. The van der Waals surface area contributed by atoms with E-state index < -0.39 is 10.8 Å². The van der Waals surface area contributed by atoms with Crippen LogP contribution in [-0.2, 0) is 13.1 Å². The predicted octanol–water partition coefficient (Wildman–Crippen LogP) is 3.43. The van der Waals surface area contributed by atoms with Crippen LogP contribution in [0.4, 0.5) is 15.9 Å². The zero-order chi connectivity index (χ0) is 22.8. The molecule has 4 aromatic rings. The fourth-order valence-electron chi connectivity index (χ4n) is 2.96. The lowest BCUT2D eigenvalue weighted by Crippen LogP contribution is -2.16. The van der Waals surface area contributed by atoms with E-state index in [0.717, 1.165) is 11.8 Å². The monoisotopic (exact) mass is 459 g/mol. The van der Waals surface area contributed by atoms with Gasteiger partial charge in [-0.2, -0.15) is 10.2 Å². The molecular formula is C19H15ClFN7O4. The van der Waals surface area contributed by atoms with E-state index in [1.54, 1.807) is 19.1 Å². The van der Waals surface area contributed by atoms with Crippen molar-refractivity contribution in [2.45, 2.75) is 20.0 Å². The normalized spacial score (nSPS) is 11.0. The first-order chi connectivity index (χ1) is 15.3. The molecule has 4 rings (SSSR count). The van der Waals surface area contributed by atoms with Gasteiger partial charge in [0.05, 0.1) is 18.0 Å². The van der Waals surface area contributed by atoms with Gasteiger partial charge in [0.25, 0.3) is 5.91 Å². The second-order valence-corrected chi connectivity index (χ2v) is 7.23. The molecule has 13 heteroatoms. The van der Waals surface area contributed by atoms with Crippen molar-refractivity contribution in [1.29, 1.82) is 0 Å². The number of carbonyl (C=O) groups excluding carboxylic acids is 1. The van der Waals surface area contributed by atoms with Crippen molar-refractivity contribution >= 4 is 29.0 Å². The van der Waals surface area contributed by atoms with Gasteiger partial charge in [-0.1, -0.05) is 28.9 Å². The first kappa shape index (κ1) is 21.2. The van der Waals surface area contributed by atoms with Crippen LogP contribution in [-0.4, -0.2) is 35.5 Å². The molecule has 1 aromatic carbocycles. The largest absolute Gasteiger partial charge is 0.361 e. The van der Waals surface area contributed by atoms with Crippen LogP contribution in [0.1, 0.15) is 27.4 Å². The SMILES string of the molecule is Cc1onc(C(=O)Nc2nn(Cc3ccc(F)cc3)cc2Cl)c1Cn1cc([N+](=O)[O-])cn1. The highest BCUT2D eigenvalue weighted by atomic mass is 35.5. The van der Waals surface area contributed by atoms with Crippen molar-refractivity contribution in [2.24, 2.45) is 0 Å². The minimum absolute atomic E-state index is 0.0233. The number of aryl methyl sites for hydroxylation is 1. The maximum atomic E-state index is 13.1. The first-order valence-corrected chi connectivity index (χ1v) is 9.58. The fraction of sp³-hybridized carbons (Fsp3) is 0.158. The van der Waals surface area contributed by atoms with Gasteiger partial charge >= 0.3 is 5.69 Å². The van der Waals surface area contributed by atoms with Crippen LogP contribution in [0.15, 0.2) is 47.4 Å². The number of nitrogens with zero attached hydrogens (tertiary/aromatic N) is 6. The van der Waals surface area contributed by atoms with Crippen molar-refractivity contribution in [3.63, 3.8) is 0 Å². The molecule has 11 nitrogen and oxygen atoms in total. The smallest absolute Gasteiger partial charge is 0.307 e. The number of hydrogen-bond acceptors (Lipinski definition) is 7. The number of hydrogen-bond donors (Lipinski definition) is 1. The number of aromatic nitrogens is 5. The Balaban J connectivity index is 1.50. The number of amides is 1. The van der Waals surface area contributed by atoms with Crippen LogP contribution < -0.4 is 5.32 Å². The lowest BCUT2D eigenvalue weighted by atomic mass is 10.2. The number of rotatable bonds is 7. The van der Waals surface area contributed by atoms with E-state index in [4.69, 9.17) is 16.1 Å². The zero-order valence-corrected chi connectivity index (χ0v) is 17.3. The molecular weight excluding hydrogens is 445 g/mol. The van der Waals surface area contributed by atoms with Gasteiger partial charge in [-0.15, -0.1) is 0 Å². The van der Waals surface area contributed by atoms with E-state index in [0.29, 0.717) is 17.9 Å². The highest BCUT2D eigenvalue weighted by Gasteiger charge is 2.23. The summed E-state index contributed by atoms with van der Waals surface area (Å²) in [6, 6.07) is 5.91. The Bertz CT molecular complexity index is 1300. The van der Waals surface area contributed by atoms with Crippen LogP contribution in [0.5, 0.6) is 0 Å². The van der Waals surface area contributed by atoms with Gasteiger partial charge in [-0.3, -0.25) is 24.3 Å².